The van der Waals surface area contributed by atoms with Crippen LogP contribution >= 0.6 is 15.9 Å². The summed E-state index contributed by atoms with van der Waals surface area (Å²) in [4.78, 5) is 12.8. The van der Waals surface area contributed by atoms with Crippen LogP contribution in [0.3, 0.4) is 0 Å². The number of amides is 1. The summed E-state index contributed by atoms with van der Waals surface area (Å²) in [7, 11) is 1.75. The first-order valence-electron chi connectivity index (χ1n) is 4.32. The van der Waals surface area contributed by atoms with Crippen molar-refractivity contribution in [3.63, 3.8) is 0 Å². The predicted octanol–water partition coefficient (Wildman–Crippen LogP) is 1.37. The second kappa shape index (κ2) is 5.12. The summed E-state index contributed by atoms with van der Waals surface area (Å²) >= 11 is 3.35. The lowest BCUT2D eigenvalue weighted by atomic mass is 10.2. The van der Waals surface area contributed by atoms with E-state index in [4.69, 9.17) is 5.73 Å². The number of rotatable bonds is 3. The fourth-order valence-electron chi connectivity index (χ4n) is 1.11. The van der Waals surface area contributed by atoms with Gasteiger partial charge >= 0.3 is 0 Å². The molecule has 0 spiro atoms. The SMILES string of the molecule is CN(Cc1ccc(Br)cc1)C(=O)CN. The molecule has 0 aliphatic rings. The second-order valence-electron chi connectivity index (χ2n) is 3.08. The van der Waals surface area contributed by atoms with Gasteiger partial charge in [-0.15, -0.1) is 0 Å². The topological polar surface area (TPSA) is 46.3 Å². The van der Waals surface area contributed by atoms with Crippen molar-refractivity contribution in [3.05, 3.63) is 34.3 Å². The summed E-state index contributed by atoms with van der Waals surface area (Å²) in [5.41, 5.74) is 6.35. The molecule has 0 aliphatic carbocycles. The van der Waals surface area contributed by atoms with Gasteiger partial charge in [-0.1, -0.05) is 28.1 Å². The van der Waals surface area contributed by atoms with Gasteiger partial charge in [-0.05, 0) is 17.7 Å². The summed E-state index contributed by atoms with van der Waals surface area (Å²) in [5.74, 6) is -0.0482. The van der Waals surface area contributed by atoms with E-state index in [1.54, 1.807) is 11.9 Å². The van der Waals surface area contributed by atoms with E-state index in [-0.39, 0.29) is 12.5 Å². The fourth-order valence-corrected chi connectivity index (χ4v) is 1.37. The van der Waals surface area contributed by atoms with Gasteiger partial charge in [0.05, 0.1) is 6.54 Å². The van der Waals surface area contributed by atoms with Gasteiger partial charge in [-0.2, -0.15) is 0 Å². The molecular formula is C10H13BrN2O. The predicted molar refractivity (Wildman–Crippen MR) is 59.7 cm³/mol. The number of hydrogen-bond acceptors (Lipinski definition) is 2. The molecule has 14 heavy (non-hydrogen) atoms. The first-order valence-corrected chi connectivity index (χ1v) is 5.11. The van der Waals surface area contributed by atoms with Crippen molar-refractivity contribution in [3.8, 4) is 0 Å². The third-order valence-electron chi connectivity index (χ3n) is 1.93. The molecule has 0 heterocycles. The fraction of sp³-hybridized carbons (Fsp3) is 0.300. The molecule has 0 saturated heterocycles. The molecule has 1 amide bonds. The highest BCUT2D eigenvalue weighted by Gasteiger charge is 2.05. The maximum absolute atomic E-state index is 11.2. The van der Waals surface area contributed by atoms with Crippen LogP contribution in [0.5, 0.6) is 0 Å². The average molecular weight is 257 g/mol. The van der Waals surface area contributed by atoms with Crippen LogP contribution in [0.25, 0.3) is 0 Å². The number of benzene rings is 1. The Labute approximate surface area is 92.0 Å². The van der Waals surface area contributed by atoms with Gasteiger partial charge in [0.25, 0.3) is 0 Å². The zero-order valence-electron chi connectivity index (χ0n) is 8.03. The summed E-state index contributed by atoms with van der Waals surface area (Å²) in [6, 6.07) is 7.86. The monoisotopic (exact) mass is 256 g/mol. The Kier molecular flexibility index (Phi) is 4.10. The molecule has 1 aromatic carbocycles. The average Bonchev–Trinajstić information content (AvgIpc) is 2.20. The zero-order chi connectivity index (χ0) is 10.6. The number of nitrogens with two attached hydrogens (primary N) is 1. The van der Waals surface area contributed by atoms with Crippen LogP contribution in [0.15, 0.2) is 28.7 Å². The number of carbonyl (C=O) groups is 1. The zero-order valence-corrected chi connectivity index (χ0v) is 9.62. The van der Waals surface area contributed by atoms with Crippen LogP contribution in [-0.4, -0.2) is 24.4 Å². The maximum atomic E-state index is 11.2. The largest absolute Gasteiger partial charge is 0.340 e. The van der Waals surface area contributed by atoms with Crippen LogP contribution in [0, 0.1) is 0 Å². The minimum absolute atomic E-state index is 0.0482. The molecular weight excluding hydrogens is 244 g/mol. The van der Waals surface area contributed by atoms with Crippen molar-refractivity contribution >= 4 is 21.8 Å². The summed E-state index contributed by atoms with van der Waals surface area (Å²) in [5, 5.41) is 0. The highest BCUT2D eigenvalue weighted by atomic mass is 79.9. The minimum atomic E-state index is -0.0482. The first-order chi connectivity index (χ1) is 6.63. The summed E-state index contributed by atoms with van der Waals surface area (Å²) < 4.78 is 1.04. The van der Waals surface area contributed by atoms with Crippen molar-refractivity contribution in [2.75, 3.05) is 13.6 Å². The van der Waals surface area contributed by atoms with Gasteiger partial charge in [0.1, 0.15) is 0 Å². The molecule has 0 aromatic heterocycles. The molecule has 1 rings (SSSR count). The number of carbonyl (C=O) groups excluding carboxylic acids is 1. The van der Waals surface area contributed by atoms with E-state index >= 15 is 0 Å². The van der Waals surface area contributed by atoms with Crippen molar-refractivity contribution in [1.82, 2.24) is 4.90 Å². The smallest absolute Gasteiger partial charge is 0.236 e. The van der Waals surface area contributed by atoms with E-state index in [9.17, 15) is 4.79 Å². The van der Waals surface area contributed by atoms with Gasteiger partial charge in [0.15, 0.2) is 0 Å². The standard InChI is InChI=1S/C10H13BrN2O/c1-13(10(14)6-12)7-8-2-4-9(11)5-3-8/h2-5H,6-7,12H2,1H3. The Morgan fingerprint density at radius 1 is 1.43 bits per heavy atom. The van der Waals surface area contributed by atoms with Crippen LogP contribution in [-0.2, 0) is 11.3 Å². The van der Waals surface area contributed by atoms with E-state index in [1.165, 1.54) is 0 Å². The molecule has 3 nitrogen and oxygen atoms in total. The van der Waals surface area contributed by atoms with E-state index in [1.807, 2.05) is 24.3 Å². The minimum Gasteiger partial charge on any atom is -0.340 e. The van der Waals surface area contributed by atoms with E-state index in [0.29, 0.717) is 6.54 Å². The Bertz CT molecular complexity index is 310. The lowest BCUT2D eigenvalue weighted by Crippen LogP contribution is -2.32. The van der Waals surface area contributed by atoms with E-state index < -0.39 is 0 Å². The Morgan fingerprint density at radius 2 is 2.00 bits per heavy atom. The quantitative estimate of drug-likeness (QED) is 0.888. The second-order valence-corrected chi connectivity index (χ2v) is 4.00. The van der Waals surface area contributed by atoms with E-state index in [2.05, 4.69) is 15.9 Å². The number of hydrogen-bond donors (Lipinski definition) is 1. The maximum Gasteiger partial charge on any atom is 0.236 e. The Morgan fingerprint density at radius 3 is 2.50 bits per heavy atom. The van der Waals surface area contributed by atoms with Crippen LogP contribution in [0.4, 0.5) is 0 Å². The Balaban J connectivity index is 2.60. The van der Waals surface area contributed by atoms with Gasteiger partial charge in [-0.3, -0.25) is 4.79 Å². The molecule has 1 aromatic rings. The molecule has 2 N–H and O–H groups in total. The highest BCUT2D eigenvalue weighted by Crippen LogP contribution is 2.11. The highest BCUT2D eigenvalue weighted by molar-refractivity contribution is 9.10. The third kappa shape index (κ3) is 3.12. The number of likely N-dealkylation sites (N-methyl/N-ethyl adjacent to an activating group) is 1. The molecule has 4 heteroatoms. The summed E-state index contributed by atoms with van der Waals surface area (Å²) in [6.45, 7) is 0.663. The third-order valence-corrected chi connectivity index (χ3v) is 2.46. The first kappa shape index (κ1) is 11.2. The van der Waals surface area contributed by atoms with Crippen molar-refractivity contribution in [2.24, 2.45) is 5.73 Å². The lowest BCUT2D eigenvalue weighted by Gasteiger charge is -2.15. The van der Waals surface area contributed by atoms with Gasteiger partial charge < -0.3 is 10.6 Å². The normalized spacial score (nSPS) is 9.93. The van der Waals surface area contributed by atoms with Crippen molar-refractivity contribution in [2.45, 2.75) is 6.54 Å². The Hall–Kier alpha value is -0.870. The molecule has 0 saturated carbocycles. The van der Waals surface area contributed by atoms with Crippen LogP contribution in [0.1, 0.15) is 5.56 Å². The van der Waals surface area contributed by atoms with Crippen molar-refractivity contribution < 1.29 is 4.79 Å². The van der Waals surface area contributed by atoms with Crippen LogP contribution < -0.4 is 5.73 Å². The molecule has 0 bridgehead atoms. The van der Waals surface area contributed by atoms with Gasteiger partial charge in [-0.25, -0.2) is 0 Å². The van der Waals surface area contributed by atoms with Gasteiger partial charge in [0, 0.05) is 18.1 Å². The molecule has 0 radical (unpaired) electrons. The van der Waals surface area contributed by atoms with E-state index in [0.717, 1.165) is 10.0 Å². The van der Waals surface area contributed by atoms with Crippen LogP contribution in [0.2, 0.25) is 0 Å². The molecule has 76 valence electrons. The number of halogens is 1. The van der Waals surface area contributed by atoms with Crippen molar-refractivity contribution in [1.29, 1.82) is 0 Å². The molecule has 0 atom stereocenters. The molecule has 0 aliphatic heterocycles. The van der Waals surface area contributed by atoms with Gasteiger partial charge in [0.2, 0.25) is 5.91 Å². The summed E-state index contributed by atoms with van der Waals surface area (Å²) in [6.07, 6.45) is 0. The molecule has 0 fully saturated rings. The number of nitrogens with zero attached hydrogens (tertiary/aromatic N) is 1. The lowest BCUT2D eigenvalue weighted by molar-refractivity contribution is -0.128. The molecule has 0 unspecified atom stereocenters.